The number of nitrogens with one attached hydrogen (secondary N) is 2. The second kappa shape index (κ2) is 11.5. The number of carbonyl (C=O) groups is 1. The van der Waals surface area contributed by atoms with Crippen molar-refractivity contribution in [1.29, 1.82) is 0 Å². The maximum atomic E-state index is 11.7. The summed E-state index contributed by atoms with van der Waals surface area (Å²) in [6.07, 6.45) is 7.24. The van der Waals surface area contributed by atoms with Crippen molar-refractivity contribution < 1.29 is 4.79 Å². The molecule has 1 aliphatic heterocycles. The molecule has 0 radical (unpaired) electrons. The minimum absolute atomic E-state index is 0.297. The van der Waals surface area contributed by atoms with Crippen molar-refractivity contribution in [3.8, 4) is 0 Å². The fourth-order valence-corrected chi connectivity index (χ4v) is 2.07. The predicted octanol–water partition coefficient (Wildman–Crippen LogP) is 3.10. The number of hydrogen-bond acceptors (Lipinski definition) is 2. The van der Waals surface area contributed by atoms with Gasteiger partial charge in [-0.1, -0.05) is 53.4 Å². The first-order valence-electron chi connectivity index (χ1n) is 7.79. The highest BCUT2D eigenvalue weighted by Gasteiger charge is 2.25. The second-order valence-electron chi connectivity index (χ2n) is 4.91. The molecule has 3 heteroatoms. The van der Waals surface area contributed by atoms with Gasteiger partial charge in [-0.2, -0.15) is 0 Å². The molecule has 3 nitrogen and oxygen atoms in total. The first kappa shape index (κ1) is 17.4. The molecule has 1 heterocycles. The van der Waals surface area contributed by atoms with Gasteiger partial charge in [0.05, 0.1) is 6.04 Å². The van der Waals surface area contributed by atoms with Crippen LogP contribution in [-0.4, -0.2) is 25.0 Å². The predicted molar refractivity (Wildman–Crippen MR) is 78.7 cm³/mol. The average molecular weight is 256 g/mol. The molecule has 18 heavy (non-hydrogen) atoms. The highest BCUT2D eigenvalue weighted by Crippen LogP contribution is 2.23. The number of amides is 1. The van der Waals surface area contributed by atoms with Crippen LogP contribution in [0.3, 0.4) is 0 Å². The summed E-state index contributed by atoms with van der Waals surface area (Å²) in [5.41, 5.74) is 0. The van der Waals surface area contributed by atoms with Gasteiger partial charge in [0.15, 0.2) is 0 Å². The Hall–Kier alpha value is -0.570. The van der Waals surface area contributed by atoms with Gasteiger partial charge < -0.3 is 10.6 Å². The third-order valence-corrected chi connectivity index (χ3v) is 3.10. The SMILES string of the molecule is CC.CCC.O=C(NC1CNC1)C1CCCCC1. The van der Waals surface area contributed by atoms with E-state index in [4.69, 9.17) is 0 Å². The van der Waals surface area contributed by atoms with Crippen molar-refractivity contribution in [2.45, 2.75) is 72.3 Å². The zero-order valence-electron chi connectivity index (χ0n) is 12.7. The van der Waals surface area contributed by atoms with Crippen LogP contribution in [0.1, 0.15) is 66.2 Å². The van der Waals surface area contributed by atoms with Gasteiger partial charge in [0.1, 0.15) is 0 Å². The Kier molecular flexibility index (Phi) is 11.2. The third kappa shape index (κ3) is 7.00. The topological polar surface area (TPSA) is 41.1 Å². The van der Waals surface area contributed by atoms with Crippen LogP contribution in [-0.2, 0) is 4.79 Å². The van der Waals surface area contributed by atoms with Crippen molar-refractivity contribution in [3.63, 3.8) is 0 Å². The van der Waals surface area contributed by atoms with Crippen molar-refractivity contribution in [3.05, 3.63) is 0 Å². The van der Waals surface area contributed by atoms with Crippen molar-refractivity contribution in [2.75, 3.05) is 13.1 Å². The Labute approximate surface area is 113 Å². The molecule has 1 aliphatic carbocycles. The third-order valence-electron chi connectivity index (χ3n) is 3.10. The van der Waals surface area contributed by atoms with Gasteiger partial charge in [0.2, 0.25) is 5.91 Å². The summed E-state index contributed by atoms with van der Waals surface area (Å²) in [5, 5.41) is 6.24. The van der Waals surface area contributed by atoms with E-state index >= 15 is 0 Å². The maximum absolute atomic E-state index is 11.7. The molecule has 2 N–H and O–H groups in total. The van der Waals surface area contributed by atoms with Crippen LogP contribution in [0.25, 0.3) is 0 Å². The summed E-state index contributed by atoms with van der Waals surface area (Å²) >= 11 is 0. The van der Waals surface area contributed by atoms with Gasteiger partial charge in [-0.15, -0.1) is 0 Å². The minimum atomic E-state index is 0.297. The van der Waals surface area contributed by atoms with Crippen molar-refractivity contribution in [2.24, 2.45) is 5.92 Å². The molecule has 0 aromatic rings. The number of rotatable bonds is 2. The summed E-state index contributed by atoms with van der Waals surface area (Å²) in [4.78, 5) is 11.7. The summed E-state index contributed by atoms with van der Waals surface area (Å²) in [5.74, 6) is 0.612. The molecule has 0 spiro atoms. The van der Waals surface area contributed by atoms with Crippen LogP contribution < -0.4 is 10.6 Å². The number of carbonyl (C=O) groups excluding carboxylic acids is 1. The van der Waals surface area contributed by atoms with E-state index in [0.29, 0.717) is 17.9 Å². The van der Waals surface area contributed by atoms with E-state index in [2.05, 4.69) is 24.5 Å². The Morgan fingerprint density at radius 1 is 1.11 bits per heavy atom. The molecule has 0 bridgehead atoms. The molecule has 0 unspecified atom stereocenters. The van der Waals surface area contributed by atoms with Gasteiger partial charge in [0.25, 0.3) is 0 Å². The Balaban J connectivity index is 0.000000509. The standard InChI is InChI=1S/C10H18N2O.C3H8.C2H6/c13-10(12-9-6-11-7-9)8-4-2-1-3-5-8;1-3-2;1-2/h8-9,11H,1-7H2,(H,12,13);3H2,1-2H3;1-2H3. The van der Waals surface area contributed by atoms with Crippen LogP contribution in [0, 0.1) is 5.92 Å². The van der Waals surface area contributed by atoms with Crippen molar-refractivity contribution in [1.82, 2.24) is 10.6 Å². The van der Waals surface area contributed by atoms with E-state index in [1.165, 1.54) is 25.7 Å². The van der Waals surface area contributed by atoms with Gasteiger partial charge in [-0.05, 0) is 12.8 Å². The van der Waals surface area contributed by atoms with E-state index in [-0.39, 0.29) is 0 Å². The normalized spacial score (nSPS) is 19.6. The molecule has 1 amide bonds. The quantitative estimate of drug-likeness (QED) is 0.797. The van der Waals surface area contributed by atoms with Crippen LogP contribution in [0.5, 0.6) is 0 Å². The first-order chi connectivity index (χ1) is 8.77. The zero-order valence-corrected chi connectivity index (χ0v) is 12.7. The smallest absolute Gasteiger partial charge is 0.223 e. The molecule has 1 saturated carbocycles. The molecule has 2 aliphatic rings. The van der Waals surface area contributed by atoms with E-state index in [0.717, 1.165) is 25.9 Å². The number of hydrogen-bond donors (Lipinski definition) is 2. The van der Waals surface area contributed by atoms with Crippen LogP contribution in [0.4, 0.5) is 0 Å². The highest BCUT2D eigenvalue weighted by atomic mass is 16.2. The lowest BCUT2D eigenvalue weighted by Gasteiger charge is -2.30. The average Bonchev–Trinajstić information content (AvgIpc) is 2.38. The Bertz CT molecular complexity index is 197. The van der Waals surface area contributed by atoms with Crippen LogP contribution >= 0.6 is 0 Å². The highest BCUT2D eigenvalue weighted by molar-refractivity contribution is 5.79. The Morgan fingerprint density at radius 2 is 1.61 bits per heavy atom. The second-order valence-corrected chi connectivity index (χ2v) is 4.91. The molecule has 2 rings (SSSR count). The van der Waals surface area contributed by atoms with Crippen LogP contribution in [0.2, 0.25) is 0 Å². The van der Waals surface area contributed by atoms with E-state index in [1.807, 2.05) is 13.8 Å². The monoisotopic (exact) mass is 256 g/mol. The van der Waals surface area contributed by atoms with E-state index in [1.54, 1.807) is 0 Å². The fourth-order valence-electron chi connectivity index (χ4n) is 2.07. The maximum Gasteiger partial charge on any atom is 0.223 e. The molecule has 0 atom stereocenters. The first-order valence-corrected chi connectivity index (χ1v) is 7.79. The fraction of sp³-hybridized carbons (Fsp3) is 0.933. The molecular formula is C15H32N2O. The summed E-state index contributed by atoms with van der Waals surface area (Å²) in [6.45, 7) is 10.2. The van der Waals surface area contributed by atoms with Crippen LogP contribution in [0.15, 0.2) is 0 Å². The molecule has 1 saturated heterocycles. The molecular weight excluding hydrogens is 224 g/mol. The zero-order chi connectivity index (χ0) is 13.8. The van der Waals surface area contributed by atoms with Gasteiger partial charge in [-0.25, -0.2) is 0 Å². The molecule has 0 aromatic carbocycles. The Morgan fingerprint density at radius 3 is 2.00 bits per heavy atom. The lowest BCUT2D eigenvalue weighted by atomic mass is 9.88. The van der Waals surface area contributed by atoms with Gasteiger partial charge in [0, 0.05) is 19.0 Å². The van der Waals surface area contributed by atoms with E-state index in [9.17, 15) is 4.79 Å². The lowest BCUT2D eigenvalue weighted by Crippen LogP contribution is -2.58. The van der Waals surface area contributed by atoms with Crippen molar-refractivity contribution >= 4 is 5.91 Å². The lowest BCUT2D eigenvalue weighted by molar-refractivity contribution is -0.127. The summed E-state index contributed by atoms with van der Waals surface area (Å²) in [7, 11) is 0. The summed E-state index contributed by atoms with van der Waals surface area (Å²) < 4.78 is 0. The summed E-state index contributed by atoms with van der Waals surface area (Å²) in [6, 6.07) is 0.412. The molecule has 0 aromatic heterocycles. The molecule has 2 fully saturated rings. The minimum Gasteiger partial charge on any atom is -0.351 e. The van der Waals surface area contributed by atoms with E-state index < -0.39 is 0 Å². The largest absolute Gasteiger partial charge is 0.351 e. The molecule has 108 valence electrons. The van der Waals surface area contributed by atoms with Gasteiger partial charge >= 0.3 is 0 Å². The van der Waals surface area contributed by atoms with Gasteiger partial charge in [-0.3, -0.25) is 4.79 Å².